The summed E-state index contributed by atoms with van der Waals surface area (Å²) in [6.07, 6.45) is 1.27. The molecule has 0 fully saturated rings. The number of carbonyl (C=O) groups excluding carboxylic acids is 1. The number of carbonyl (C=O) groups is 1. The summed E-state index contributed by atoms with van der Waals surface area (Å²) in [5.74, 6) is 1.37. The van der Waals surface area contributed by atoms with Gasteiger partial charge in [-0.2, -0.15) is 0 Å². The van der Waals surface area contributed by atoms with Crippen molar-refractivity contribution in [3.05, 3.63) is 60.7 Å². The number of nitrogens with one attached hydrogen (secondary N) is 1. The highest BCUT2D eigenvalue weighted by Crippen LogP contribution is 2.41. The standard InChI is InChI=1S/C18H17NO3/c1-3-17(20)19-12(2)13-7-9-14(10-8-13)15-5-4-6-16-18(15)22-11-21-16/h3-10,12H,1,11H2,2H3,(H,19,20)/t12-/m1/s1. The average molecular weight is 295 g/mol. The molecular formula is C18H17NO3. The van der Waals surface area contributed by atoms with E-state index in [0.717, 1.165) is 28.2 Å². The van der Waals surface area contributed by atoms with Gasteiger partial charge in [-0.3, -0.25) is 4.79 Å². The molecule has 1 amide bonds. The second-order valence-electron chi connectivity index (χ2n) is 5.10. The van der Waals surface area contributed by atoms with Crippen LogP contribution in [0.15, 0.2) is 55.1 Å². The van der Waals surface area contributed by atoms with E-state index in [4.69, 9.17) is 9.47 Å². The van der Waals surface area contributed by atoms with Crippen LogP contribution >= 0.6 is 0 Å². The molecule has 1 aliphatic rings. The summed E-state index contributed by atoms with van der Waals surface area (Å²) in [5, 5.41) is 2.85. The summed E-state index contributed by atoms with van der Waals surface area (Å²) in [4.78, 5) is 11.4. The largest absolute Gasteiger partial charge is 0.454 e. The van der Waals surface area contributed by atoms with E-state index in [2.05, 4.69) is 11.9 Å². The van der Waals surface area contributed by atoms with Crippen LogP contribution in [0.1, 0.15) is 18.5 Å². The van der Waals surface area contributed by atoms with Crippen molar-refractivity contribution in [1.82, 2.24) is 5.32 Å². The maximum atomic E-state index is 11.4. The summed E-state index contributed by atoms with van der Waals surface area (Å²) in [6, 6.07) is 13.8. The Morgan fingerprint density at radius 2 is 2.00 bits per heavy atom. The molecule has 1 aliphatic heterocycles. The highest BCUT2D eigenvalue weighted by atomic mass is 16.7. The smallest absolute Gasteiger partial charge is 0.243 e. The summed E-state index contributed by atoms with van der Waals surface area (Å²) >= 11 is 0. The maximum Gasteiger partial charge on any atom is 0.243 e. The van der Waals surface area contributed by atoms with E-state index in [9.17, 15) is 4.79 Å². The highest BCUT2D eigenvalue weighted by Gasteiger charge is 2.18. The number of para-hydroxylation sites is 1. The molecule has 1 atom stereocenters. The first-order valence-electron chi connectivity index (χ1n) is 7.11. The number of hydrogen-bond acceptors (Lipinski definition) is 3. The Kier molecular flexibility index (Phi) is 3.83. The Balaban J connectivity index is 1.85. The maximum absolute atomic E-state index is 11.4. The van der Waals surface area contributed by atoms with Gasteiger partial charge in [0.05, 0.1) is 6.04 Å². The van der Waals surface area contributed by atoms with Crippen molar-refractivity contribution in [3.8, 4) is 22.6 Å². The summed E-state index contributed by atoms with van der Waals surface area (Å²) in [6.45, 7) is 5.65. The molecule has 0 saturated carbocycles. The second-order valence-corrected chi connectivity index (χ2v) is 5.10. The minimum absolute atomic E-state index is 0.0689. The van der Waals surface area contributed by atoms with Crippen molar-refractivity contribution in [2.75, 3.05) is 6.79 Å². The van der Waals surface area contributed by atoms with Gasteiger partial charge in [0, 0.05) is 5.56 Å². The van der Waals surface area contributed by atoms with Gasteiger partial charge in [0.2, 0.25) is 12.7 Å². The van der Waals surface area contributed by atoms with E-state index < -0.39 is 0 Å². The molecule has 2 aromatic carbocycles. The third-order valence-electron chi connectivity index (χ3n) is 3.66. The number of benzene rings is 2. The summed E-state index contributed by atoms with van der Waals surface area (Å²) < 4.78 is 10.9. The normalized spacial score (nSPS) is 13.5. The molecule has 1 N–H and O–H groups in total. The molecular weight excluding hydrogens is 278 g/mol. The Bertz CT molecular complexity index is 707. The summed E-state index contributed by atoms with van der Waals surface area (Å²) in [7, 11) is 0. The minimum Gasteiger partial charge on any atom is -0.454 e. The predicted octanol–water partition coefficient (Wildman–Crippen LogP) is 3.45. The van der Waals surface area contributed by atoms with Gasteiger partial charge >= 0.3 is 0 Å². The number of rotatable bonds is 4. The lowest BCUT2D eigenvalue weighted by atomic mass is 10.0. The Morgan fingerprint density at radius 3 is 2.73 bits per heavy atom. The van der Waals surface area contributed by atoms with Crippen LogP contribution in [0, 0.1) is 0 Å². The fourth-order valence-electron chi connectivity index (χ4n) is 2.46. The number of hydrogen-bond donors (Lipinski definition) is 1. The van der Waals surface area contributed by atoms with Gasteiger partial charge < -0.3 is 14.8 Å². The monoisotopic (exact) mass is 295 g/mol. The number of fused-ring (bicyclic) bond motifs is 1. The molecule has 0 spiro atoms. The fraction of sp³-hybridized carbons (Fsp3) is 0.167. The van der Waals surface area contributed by atoms with E-state index >= 15 is 0 Å². The quantitative estimate of drug-likeness (QED) is 0.879. The molecule has 2 aromatic rings. The molecule has 4 nitrogen and oxygen atoms in total. The van der Waals surface area contributed by atoms with E-state index in [0.29, 0.717) is 0 Å². The van der Waals surface area contributed by atoms with E-state index in [1.54, 1.807) is 0 Å². The van der Waals surface area contributed by atoms with Crippen molar-refractivity contribution in [2.45, 2.75) is 13.0 Å². The minimum atomic E-state index is -0.178. The number of ether oxygens (including phenoxy) is 2. The third kappa shape index (κ3) is 2.68. The topological polar surface area (TPSA) is 47.6 Å². The van der Waals surface area contributed by atoms with E-state index in [1.807, 2.05) is 49.4 Å². The number of amides is 1. The van der Waals surface area contributed by atoms with Crippen LogP contribution in [0.25, 0.3) is 11.1 Å². The van der Waals surface area contributed by atoms with Gasteiger partial charge in [-0.25, -0.2) is 0 Å². The molecule has 3 rings (SSSR count). The van der Waals surface area contributed by atoms with E-state index in [1.165, 1.54) is 6.08 Å². The molecule has 1 heterocycles. The highest BCUT2D eigenvalue weighted by molar-refractivity contribution is 5.87. The average Bonchev–Trinajstić information content (AvgIpc) is 3.03. The first-order valence-corrected chi connectivity index (χ1v) is 7.11. The molecule has 0 bridgehead atoms. The zero-order valence-corrected chi connectivity index (χ0v) is 12.3. The van der Waals surface area contributed by atoms with Crippen molar-refractivity contribution in [2.24, 2.45) is 0 Å². The molecule has 112 valence electrons. The van der Waals surface area contributed by atoms with Gasteiger partial charge in [0.1, 0.15) is 0 Å². The predicted molar refractivity (Wildman–Crippen MR) is 84.8 cm³/mol. The lowest BCUT2D eigenvalue weighted by molar-refractivity contribution is -0.117. The van der Waals surface area contributed by atoms with Crippen LogP contribution in [-0.4, -0.2) is 12.7 Å². The Labute approximate surface area is 129 Å². The van der Waals surface area contributed by atoms with E-state index in [-0.39, 0.29) is 18.7 Å². The van der Waals surface area contributed by atoms with Crippen LogP contribution in [0.5, 0.6) is 11.5 Å². The SMILES string of the molecule is C=CC(=O)N[C@H](C)c1ccc(-c2cccc3c2OCO3)cc1. The third-order valence-corrected chi connectivity index (χ3v) is 3.66. The Hall–Kier alpha value is -2.75. The van der Waals surface area contributed by atoms with Crippen LogP contribution in [0.2, 0.25) is 0 Å². The Morgan fingerprint density at radius 1 is 1.23 bits per heavy atom. The van der Waals surface area contributed by atoms with Gasteiger partial charge in [-0.05, 0) is 30.2 Å². The zero-order chi connectivity index (χ0) is 15.5. The van der Waals surface area contributed by atoms with Crippen molar-refractivity contribution >= 4 is 5.91 Å². The lowest BCUT2D eigenvalue weighted by Gasteiger charge is -2.14. The van der Waals surface area contributed by atoms with Crippen LogP contribution < -0.4 is 14.8 Å². The van der Waals surface area contributed by atoms with Gasteiger partial charge in [0.15, 0.2) is 11.5 Å². The second kappa shape index (κ2) is 5.93. The molecule has 0 aliphatic carbocycles. The summed E-state index contributed by atoms with van der Waals surface area (Å²) in [5.41, 5.74) is 3.08. The fourth-order valence-corrected chi connectivity index (χ4v) is 2.46. The lowest BCUT2D eigenvalue weighted by Crippen LogP contribution is -2.24. The molecule has 22 heavy (non-hydrogen) atoms. The van der Waals surface area contributed by atoms with Crippen LogP contribution in [0.3, 0.4) is 0 Å². The first kappa shape index (κ1) is 14.2. The van der Waals surface area contributed by atoms with Gasteiger partial charge in [-0.1, -0.05) is 43.0 Å². The van der Waals surface area contributed by atoms with Crippen LogP contribution in [-0.2, 0) is 4.79 Å². The molecule has 4 heteroatoms. The van der Waals surface area contributed by atoms with Crippen molar-refractivity contribution in [3.63, 3.8) is 0 Å². The van der Waals surface area contributed by atoms with Gasteiger partial charge in [-0.15, -0.1) is 0 Å². The molecule has 0 radical (unpaired) electrons. The molecule has 0 unspecified atom stereocenters. The molecule has 0 saturated heterocycles. The zero-order valence-electron chi connectivity index (χ0n) is 12.3. The van der Waals surface area contributed by atoms with Crippen LogP contribution in [0.4, 0.5) is 0 Å². The molecule has 0 aromatic heterocycles. The van der Waals surface area contributed by atoms with Crippen molar-refractivity contribution < 1.29 is 14.3 Å². The first-order chi connectivity index (χ1) is 10.7. The van der Waals surface area contributed by atoms with Crippen molar-refractivity contribution in [1.29, 1.82) is 0 Å². The van der Waals surface area contributed by atoms with Gasteiger partial charge in [0.25, 0.3) is 0 Å².